The van der Waals surface area contributed by atoms with Gasteiger partial charge in [0.25, 0.3) is 0 Å². The van der Waals surface area contributed by atoms with Crippen molar-refractivity contribution in [3.8, 4) is 0 Å². The first kappa shape index (κ1) is 16.3. The molecule has 3 nitrogen and oxygen atoms in total. The minimum Gasteiger partial charge on any atom is -0.352 e. The Bertz CT molecular complexity index is 472. The fraction of sp³-hybridized carbons (Fsp3) is 0.588. The van der Waals surface area contributed by atoms with Gasteiger partial charge in [0, 0.05) is 17.1 Å². The molecule has 0 heterocycles. The fourth-order valence-electron chi connectivity index (χ4n) is 2.94. The molecule has 0 radical (unpaired) electrons. The largest absolute Gasteiger partial charge is 0.352 e. The van der Waals surface area contributed by atoms with E-state index in [-0.39, 0.29) is 18.0 Å². The lowest BCUT2D eigenvalue weighted by Gasteiger charge is -2.26. The van der Waals surface area contributed by atoms with Crippen molar-refractivity contribution in [3.05, 3.63) is 34.9 Å². The summed E-state index contributed by atoms with van der Waals surface area (Å²) in [5.74, 6) is 0.0841. The van der Waals surface area contributed by atoms with E-state index in [2.05, 4.69) is 10.6 Å². The molecule has 0 bridgehead atoms. The van der Waals surface area contributed by atoms with E-state index in [9.17, 15) is 4.79 Å². The van der Waals surface area contributed by atoms with Gasteiger partial charge in [0.2, 0.25) is 5.91 Å². The summed E-state index contributed by atoms with van der Waals surface area (Å²) in [5.41, 5.74) is 1.02. The molecule has 1 unspecified atom stereocenters. The van der Waals surface area contributed by atoms with Crippen LogP contribution in [0.25, 0.3) is 0 Å². The lowest BCUT2D eigenvalue weighted by Crippen LogP contribution is -2.47. The van der Waals surface area contributed by atoms with Crippen molar-refractivity contribution >= 4 is 17.5 Å². The van der Waals surface area contributed by atoms with Crippen LogP contribution in [0.5, 0.6) is 0 Å². The van der Waals surface area contributed by atoms with Crippen molar-refractivity contribution in [2.45, 2.75) is 64.1 Å². The second-order valence-electron chi connectivity index (χ2n) is 5.98. The number of halogens is 1. The van der Waals surface area contributed by atoms with Crippen LogP contribution in [0.15, 0.2) is 24.3 Å². The van der Waals surface area contributed by atoms with E-state index >= 15 is 0 Å². The zero-order valence-corrected chi connectivity index (χ0v) is 13.6. The Hall–Kier alpha value is -1.06. The third-order valence-electron chi connectivity index (χ3n) is 4.22. The molecule has 2 atom stereocenters. The Kier molecular flexibility index (Phi) is 6.07. The molecule has 116 valence electrons. The predicted molar refractivity (Wildman–Crippen MR) is 87.5 cm³/mol. The van der Waals surface area contributed by atoms with Crippen LogP contribution in [-0.2, 0) is 4.79 Å². The summed E-state index contributed by atoms with van der Waals surface area (Å²) in [4.78, 5) is 12.3. The van der Waals surface area contributed by atoms with Gasteiger partial charge in [0.1, 0.15) is 0 Å². The van der Waals surface area contributed by atoms with Crippen molar-refractivity contribution in [2.75, 3.05) is 0 Å². The maximum atomic E-state index is 12.3. The first-order chi connectivity index (χ1) is 10.1. The van der Waals surface area contributed by atoms with Crippen LogP contribution in [0, 0.1) is 0 Å². The van der Waals surface area contributed by atoms with E-state index in [1.54, 1.807) is 0 Å². The summed E-state index contributed by atoms with van der Waals surface area (Å²) in [6, 6.07) is 7.92. The van der Waals surface area contributed by atoms with Crippen LogP contribution in [0.2, 0.25) is 5.02 Å². The van der Waals surface area contributed by atoms with Crippen molar-refractivity contribution in [2.24, 2.45) is 0 Å². The highest BCUT2D eigenvalue weighted by atomic mass is 35.5. The molecule has 0 saturated heterocycles. The average molecular weight is 309 g/mol. The highest BCUT2D eigenvalue weighted by Crippen LogP contribution is 2.22. The molecular formula is C17H25ClN2O. The maximum absolute atomic E-state index is 12.3. The molecule has 1 saturated carbocycles. The zero-order chi connectivity index (χ0) is 15.2. The Balaban J connectivity index is 1.86. The second kappa shape index (κ2) is 7.81. The van der Waals surface area contributed by atoms with Crippen LogP contribution in [0.4, 0.5) is 0 Å². The Morgan fingerprint density at radius 2 is 1.86 bits per heavy atom. The van der Waals surface area contributed by atoms with Crippen LogP contribution in [0.1, 0.15) is 57.6 Å². The molecule has 1 aromatic rings. The van der Waals surface area contributed by atoms with E-state index in [0.717, 1.165) is 23.4 Å². The van der Waals surface area contributed by atoms with E-state index in [1.807, 2.05) is 38.1 Å². The van der Waals surface area contributed by atoms with Gasteiger partial charge in [-0.3, -0.25) is 10.1 Å². The summed E-state index contributed by atoms with van der Waals surface area (Å²) < 4.78 is 0. The van der Waals surface area contributed by atoms with Gasteiger partial charge in [-0.1, -0.05) is 49.1 Å². The van der Waals surface area contributed by atoms with Crippen molar-refractivity contribution in [3.63, 3.8) is 0 Å². The summed E-state index contributed by atoms with van der Waals surface area (Å²) in [6.07, 6.45) is 5.96. The van der Waals surface area contributed by atoms with Gasteiger partial charge < -0.3 is 5.32 Å². The summed E-state index contributed by atoms with van der Waals surface area (Å²) >= 11 is 6.20. The number of benzene rings is 1. The van der Waals surface area contributed by atoms with E-state index in [4.69, 9.17) is 11.6 Å². The van der Waals surface area contributed by atoms with Crippen LogP contribution < -0.4 is 10.6 Å². The van der Waals surface area contributed by atoms with E-state index < -0.39 is 0 Å². The fourth-order valence-corrected chi connectivity index (χ4v) is 3.24. The van der Waals surface area contributed by atoms with Gasteiger partial charge in [-0.2, -0.15) is 0 Å². The Labute approximate surface area is 132 Å². The van der Waals surface area contributed by atoms with Crippen molar-refractivity contribution in [1.29, 1.82) is 0 Å². The SMILES string of the molecule is CC(N[C@@H](C)c1ccccc1Cl)C(=O)NC1CCCCC1. The van der Waals surface area contributed by atoms with Gasteiger partial charge >= 0.3 is 0 Å². The number of hydrogen-bond donors (Lipinski definition) is 2. The third kappa shape index (κ3) is 4.72. The topological polar surface area (TPSA) is 41.1 Å². The van der Waals surface area contributed by atoms with Gasteiger partial charge in [-0.15, -0.1) is 0 Å². The van der Waals surface area contributed by atoms with Crippen LogP contribution >= 0.6 is 11.6 Å². The molecule has 1 aliphatic carbocycles. The Morgan fingerprint density at radius 3 is 2.52 bits per heavy atom. The quantitative estimate of drug-likeness (QED) is 0.868. The smallest absolute Gasteiger partial charge is 0.237 e. The van der Waals surface area contributed by atoms with Crippen molar-refractivity contribution in [1.82, 2.24) is 10.6 Å². The van der Waals surface area contributed by atoms with Gasteiger partial charge in [0.15, 0.2) is 0 Å². The third-order valence-corrected chi connectivity index (χ3v) is 4.56. The Morgan fingerprint density at radius 1 is 1.19 bits per heavy atom. The highest BCUT2D eigenvalue weighted by molar-refractivity contribution is 6.31. The molecule has 0 aliphatic heterocycles. The standard InChI is InChI=1S/C17H25ClN2O/c1-12(15-10-6-7-11-16(15)18)19-13(2)17(21)20-14-8-4-3-5-9-14/h6-7,10-14,19H,3-5,8-9H2,1-2H3,(H,20,21)/t12-,13?/m0/s1. The molecule has 2 N–H and O–H groups in total. The molecule has 1 amide bonds. The number of hydrogen-bond acceptors (Lipinski definition) is 2. The van der Waals surface area contributed by atoms with Crippen LogP contribution in [0.3, 0.4) is 0 Å². The molecular weight excluding hydrogens is 284 g/mol. The lowest BCUT2D eigenvalue weighted by atomic mass is 9.95. The number of carbonyl (C=O) groups is 1. The first-order valence-corrected chi connectivity index (χ1v) is 8.26. The molecule has 4 heteroatoms. The van der Waals surface area contributed by atoms with Crippen LogP contribution in [-0.4, -0.2) is 18.0 Å². The number of nitrogens with one attached hydrogen (secondary N) is 2. The van der Waals surface area contributed by atoms with Gasteiger partial charge in [-0.25, -0.2) is 0 Å². The van der Waals surface area contributed by atoms with Gasteiger partial charge in [-0.05, 0) is 38.3 Å². The van der Waals surface area contributed by atoms with E-state index in [1.165, 1.54) is 19.3 Å². The minimum absolute atomic E-state index is 0.0470. The zero-order valence-electron chi connectivity index (χ0n) is 12.9. The number of amides is 1. The molecule has 1 fully saturated rings. The molecule has 1 aromatic carbocycles. The first-order valence-electron chi connectivity index (χ1n) is 7.89. The second-order valence-corrected chi connectivity index (χ2v) is 6.38. The monoisotopic (exact) mass is 308 g/mol. The summed E-state index contributed by atoms with van der Waals surface area (Å²) in [5, 5.41) is 7.22. The summed E-state index contributed by atoms with van der Waals surface area (Å²) in [7, 11) is 0. The molecule has 1 aliphatic rings. The number of carbonyl (C=O) groups excluding carboxylic acids is 1. The highest BCUT2D eigenvalue weighted by Gasteiger charge is 2.21. The molecule has 0 aromatic heterocycles. The average Bonchev–Trinajstić information content (AvgIpc) is 2.48. The molecule has 21 heavy (non-hydrogen) atoms. The minimum atomic E-state index is -0.224. The van der Waals surface area contributed by atoms with E-state index in [0.29, 0.717) is 6.04 Å². The molecule has 0 spiro atoms. The molecule has 2 rings (SSSR count). The van der Waals surface area contributed by atoms with Gasteiger partial charge in [0.05, 0.1) is 6.04 Å². The number of rotatable bonds is 5. The lowest BCUT2D eigenvalue weighted by molar-refractivity contribution is -0.123. The predicted octanol–water partition coefficient (Wildman–Crippen LogP) is 3.83. The van der Waals surface area contributed by atoms with Crippen molar-refractivity contribution < 1.29 is 4.79 Å². The maximum Gasteiger partial charge on any atom is 0.237 e. The normalized spacial score (nSPS) is 19.0. The summed E-state index contributed by atoms with van der Waals surface area (Å²) in [6.45, 7) is 3.94.